The summed E-state index contributed by atoms with van der Waals surface area (Å²) in [6.07, 6.45) is 6.94. The monoisotopic (exact) mass is 555 g/mol. The Morgan fingerprint density at radius 2 is 1.77 bits per heavy atom. The quantitative estimate of drug-likeness (QED) is 0.207. The summed E-state index contributed by atoms with van der Waals surface area (Å²) >= 11 is 1.19. The van der Waals surface area contributed by atoms with Crippen LogP contribution < -0.4 is 19.8 Å². The first kappa shape index (κ1) is 27.5. The number of hydrogen-bond acceptors (Lipinski definition) is 6. The minimum Gasteiger partial charge on any atom is -0.458 e. The summed E-state index contributed by atoms with van der Waals surface area (Å²) in [6, 6.07) is 16.3. The number of fused-ring (bicyclic) bond motifs is 2. The molecule has 206 valence electrons. The van der Waals surface area contributed by atoms with Gasteiger partial charge in [-0.25, -0.2) is 9.79 Å². The van der Waals surface area contributed by atoms with E-state index < -0.39 is 12.0 Å². The molecule has 1 amide bonds. The van der Waals surface area contributed by atoms with Crippen LogP contribution in [0.1, 0.15) is 63.1 Å². The fourth-order valence-electron chi connectivity index (χ4n) is 5.39. The zero-order valence-electron chi connectivity index (χ0n) is 22.9. The van der Waals surface area contributed by atoms with E-state index in [-0.39, 0.29) is 18.1 Å². The van der Waals surface area contributed by atoms with Crippen molar-refractivity contribution in [3.63, 3.8) is 0 Å². The van der Waals surface area contributed by atoms with E-state index >= 15 is 0 Å². The van der Waals surface area contributed by atoms with Crippen LogP contribution in [-0.4, -0.2) is 29.6 Å². The first-order valence-electron chi connectivity index (χ1n) is 13.8. The molecule has 8 heteroatoms. The highest BCUT2D eigenvalue weighted by molar-refractivity contribution is 7.07. The Kier molecular flexibility index (Phi) is 8.26. The third-order valence-corrected chi connectivity index (χ3v) is 8.35. The third-order valence-electron chi connectivity index (χ3n) is 7.30. The van der Waals surface area contributed by atoms with Gasteiger partial charge in [0.05, 0.1) is 28.6 Å². The number of rotatable bonds is 10. The van der Waals surface area contributed by atoms with E-state index in [1.165, 1.54) is 28.4 Å². The molecule has 0 fully saturated rings. The number of aromatic nitrogens is 1. The summed E-state index contributed by atoms with van der Waals surface area (Å²) in [6.45, 7) is 8.20. The summed E-state index contributed by atoms with van der Waals surface area (Å²) in [5.41, 5.74) is 3.17. The second-order valence-electron chi connectivity index (χ2n) is 9.96. The van der Waals surface area contributed by atoms with Crippen molar-refractivity contribution in [3.8, 4) is 0 Å². The molecule has 0 unspecified atom stereocenters. The highest BCUT2D eigenvalue weighted by atomic mass is 32.1. The number of allylic oxidation sites excluding steroid dienone is 1. The predicted molar refractivity (Wildman–Crippen MR) is 158 cm³/mol. The van der Waals surface area contributed by atoms with Crippen LogP contribution in [-0.2, 0) is 14.3 Å². The average molecular weight is 556 g/mol. The molecule has 0 spiro atoms. The van der Waals surface area contributed by atoms with Crippen LogP contribution in [0.2, 0.25) is 0 Å². The maximum atomic E-state index is 14.2. The van der Waals surface area contributed by atoms with Crippen LogP contribution >= 0.6 is 11.3 Å². The highest BCUT2D eigenvalue weighted by Gasteiger charge is 2.37. The van der Waals surface area contributed by atoms with Crippen LogP contribution in [0.4, 0.5) is 5.69 Å². The van der Waals surface area contributed by atoms with E-state index in [2.05, 4.69) is 18.5 Å². The zero-order valence-corrected chi connectivity index (χ0v) is 23.7. The highest BCUT2D eigenvalue weighted by Crippen LogP contribution is 2.36. The van der Waals surface area contributed by atoms with Gasteiger partial charge in [-0.3, -0.25) is 14.2 Å². The van der Waals surface area contributed by atoms with Crippen LogP contribution in [0.5, 0.6) is 0 Å². The molecule has 2 aromatic carbocycles. The summed E-state index contributed by atoms with van der Waals surface area (Å²) < 4.78 is 7.26. The maximum Gasteiger partial charge on any atom is 0.338 e. The van der Waals surface area contributed by atoms with Gasteiger partial charge >= 0.3 is 5.97 Å². The van der Waals surface area contributed by atoms with Gasteiger partial charge in [-0.2, -0.15) is 0 Å². The summed E-state index contributed by atoms with van der Waals surface area (Å²) in [4.78, 5) is 48.2. The predicted octanol–water partition coefficient (Wildman–Crippen LogP) is 4.65. The lowest BCUT2D eigenvalue weighted by Gasteiger charge is -2.24. The molecule has 0 saturated heterocycles. The molecule has 2 aliphatic heterocycles. The lowest BCUT2D eigenvalue weighted by Crippen LogP contribution is -2.41. The van der Waals surface area contributed by atoms with Gasteiger partial charge in [0.25, 0.3) is 11.5 Å². The number of anilines is 1. The maximum absolute atomic E-state index is 14.2. The summed E-state index contributed by atoms with van der Waals surface area (Å²) in [7, 11) is 0. The molecule has 3 aromatic rings. The van der Waals surface area contributed by atoms with Crippen LogP contribution in [0, 0.1) is 0 Å². The molecule has 0 bridgehead atoms. The number of nitrogens with zero attached hydrogens (tertiary/aromatic N) is 3. The fraction of sp³-hybridized carbons (Fsp3) is 0.312. The van der Waals surface area contributed by atoms with Crippen molar-refractivity contribution in [1.82, 2.24) is 4.57 Å². The molecule has 0 radical (unpaired) electrons. The minimum atomic E-state index is -0.731. The van der Waals surface area contributed by atoms with Crippen molar-refractivity contribution >= 4 is 34.5 Å². The van der Waals surface area contributed by atoms with Crippen molar-refractivity contribution in [1.29, 1.82) is 0 Å². The second-order valence-corrected chi connectivity index (χ2v) is 10.9. The van der Waals surface area contributed by atoms with E-state index in [9.17, 15) is 14.4 Å². The molecule has 7 nitrogen and oxygen atoms in total. The lowest BCUT2D eigenvalue weighted by molar-refractivity contribution is -0.138. The molecule has 1 aromatic heterocycles. The molecule has 5 rings (SSSR count). The Morgan fingerprint density at radius 3 is 2.52 bits per heavy atom. The second kappa shape index (κ2) is 12.0. The molecule has 40 heavy (non-hydrogen) atoms. The van der Waals surface area contributed by atoms with Crippen molar-refractivity contribution in [2.75, 3.05) is 18.1 Å². The standard InChI is InChI=1S/C32H33N3O4S/c1-4-6-7-8-14-19-34-24-18-13-12-17-23(24)26(29(34)36)28-30(37)35-27(22-15-10-9-11-16-22)25(31(38)39-20-5-2)21(3)33-32(35)40-28/h5,9-13,15-18,27H,2,4,6-8,14,19-20H2,1,3H3/b28-26+/t27-/m0/s1. The first-order chi connectivity index (χ1) is 19.5. The van der Waals surface area contributed by atoms with Gasteiger partial charge in [0, 0.05) is 12.1 Å². The van der Waals surface area contributed by atoms with Crippen molar-refractivity contribution in [2.45, 2.75) is 52.0 Å². The van der Waals surface area contributed by atoms with Gasteiger partial charge in [0.15, 0.2) is 4.80 Å². The van der Waals surface area contributed by atoms with Gasteiger partial charge in [-0.05, 0) is 25.0 Å². The van der Waals surface area contributed by atoms with Gasteiger partial charge < -0.3 is 9.64 Å². The smallest absolute Gasteiger partial charge is 0.338 e. The number of carbonyl (C=O) groups excluding carboxylic acids is 2. The fourth-order valence-corrected chi connectivity index (χ4v) is 6.53. The normalized spacial score (nSPS) is 17.4. The number of unbranched alkanes of at least 4 members (excludes halogenated alkanes) is 4. The number of benzene rings is 2. The Morgan fingerprint density at radius 1 is 1.05 bits per heavy atom. The number of para-hydroxylation sites is 1. The van der Waals surface area contributed by atoms with E-state index in [0.717, 1.165) is 42.5 Å². The number of hydrogen-bond donors (Lipinski definition) is 0. The molecule has 2 aliphatic rings. The molecule has 0 aliphatic carbocycles. The van der Waals surface area contributed by atoms with E-state index in [1.54, 1.807) is 11.8 Å². The molecular formula is C32H33N3O4S. The van der Waals surface area contributed by atoms with Gasteiger partial charge in [0.2, 0.25) is 0 Å². The number of carbonyl (C=O) groups is 2. The van der Waals surface area contributed by atoms with Crippen molar-refractivity contribution in [2.24, 2.45) is 4.99 Å². The molecule has 0 N–H and O–H groups in total. The average Bonchev–Trinajstić information content (AvgIpc) is 3.43. The zero-order chi connectivity index (χ0) is 28.2. The number of esters is 1. The van der Waals surface area contributed by atoms with Gasteiger partial charge in [-0.1, -0.05) is 105 Å². The molecule has 3 heterocycles. The molecule has 0 saturated carbocycles. The largest absolute Gasteiger partial charge is 0.458 e. The Hall–Kier alpha value is -4.04. The van der Waals surface area contributed by atoms with E-state index in [4.69, 9.17) is 4.74 Å². The van der Waals surface area contributed by atoms with Crippen LogP contribution in [0.15, 0.2) is 88.3 Å². The Labute approximate surface area is 237 Å². The van der Waals surface area contributed by atoms with Gasteiger partial charge in [0.1, 0.15) is 11.1 Å². The first-order valence-corrected chi connectivity index (χ1v) is 14.6. The van der Waals surface area contributed by atoms with Crippen molar-refractivity contribution in [3.05, 3.63) is 109 Å². The molecule has 1 atom stereocenters. The third kappa shape index (κ3) is 4.99. The summed E-state index contributed by atoms with van der Waals surface area (Å²) in [5.74, 6) is -0.718. The Balaban J connectivity index is 1.65. The minimum absolute atomic E-state index is 0.0469. The Bertz CT molecular complexity index is 1670. The molecular weight excluding hydrogens is 522 g/mol. The van der Waals surface area contributed by atoms with Crippen molar-refractivity contribution < 1.29 is 14.3 Å². The van der Waals surface area contributed by atoms with E-state index in [1.807, 2.05) is 54.6 Å². The number of amides is 1. The number of thiazole rings is 1. The van der Waals surface area contributed by atoms with E-state index in [0.29, 0.717) is 32.7 Å². The van der Waals surface area contributed by atoms with Crippen LogP contribution in [0.3, 0.4) is 0 Å². The SMILES string of the molecule is C=CCOC(=O)C1=C(C)N=c2s/c(=C3/C(=O)N(CCCCCCC)c4ccccc43)c(=O)n2[C@H]1c1ccccc1. The van der Waals surface area contributed by atoms with Gasteiger partial charge in [-0.15, -0.1) is 0 Å². The van der Waals surface area contributed by atoms with Crippen LogP contribution in [0.25, 0.3) is 5.57 Å². The lowest BCUT2D eigenvalue weighted by atomic mass is 9.96. The topological polar surface area (TPSA) is 81.0 Å². The number of ether oxygens (including phenoxy) is 1. The summed E-state index contributed by atoms with van der Waals surface area (Å²) in [5, 5.41) is 0.